The van der Waals surface area contributed by atoms with Gasteiger partial charge in [-0.1, -0.05) is 15.9 Å². The number of nitriles is 1. The fourth-order valence-electron chi connectivity index (χ4n) is 1.53. The van der Waals surface area contributed by atoms with Crippen molar-refractivity contribution in [2.75, 3.05) is 5.32 Å². The van der Waals surface area contributed by atoms with E-state index in [1.54, 1.807) is 6.07 Å². The summed E-state index contributed by atoms with van der Waals surface area (Å²) in [4.78, 5) is 15.6. The minimum Gasteiger partial charge on any atom is -0.324 e. The number of aryl methyl sites for hydroxylation is 1. The Bertz CT molecular complexity index is 658. The maximum absolute atomic E-state index is 11.8. The number of hydrogen-bond acceptors (Lipinski definition) is 4. The van der Waals surface area contributed by atoms with Crippen molar-refractivity contribution in [3.05, 3.63) is 40.4 Å². The predicted molar refractivity (Wildman–Crippen MR) is 72.2 cm³/mol. The zero-order valence-electron chi connectivity index (χ0n) is 10.1. The van der Waals surface area contributed by atoms with E-state index in [9.17, 15) is 4.79 Å². The highest BCUT2D eigenvalue weighted by molar-refractivity contribution is 9.10. The summed E-state index contributed by atoms with van der Waals surface area (Å²) in [5.41, 5.74) is 1.70. The summed E-state index contributed by atoms with van der Waals surface area (Å²) < 4.78 is 2.28. The molecule has 0 fully saturated rings. The molecular formula is C12H10BrN5O. The number of anilines is 1. The van der Waals surface area contributed by atoms with E-state index in [1.165, 1.54) is 11.0 Å². The van der Waals surface area contributed by atoms with Crippen molar-refractivity contribution in [2.24, 2.45) is 0 Å². The summed E-state index contributed by atoms with van der Waals surface area (Å²) in [6.45, 7) is 1.92. The monoisotopic (exact) mass is 319 g/mol. The van der Waals surface area contributed by atoms with Crippen LogP contribution in [-0.4, -0.2) is 20.7 Å². The maximum atomic E-state index is 11.8. The summed E-state index contributed by atoms with van der Waals surface area (Å²) in [6, 6.07) is 7.39. The Labute approximate surface area is 118 Å². The average molecular weight is 320 g/mol. The molecule has 0 aliphatic rings. The van der Waals surface area contributed by atoms with E-state index < -0.39 is 0 Å². The molecule has 0 aliphatic carbocycles. The van der Waals surface area contributed by atoms with Crippen molar-refractivity contribution >= 4 is 27.5 Å². The van der Waals surface area contributed by atoms with Crippen molar-refractivity contribution in [3.8, 4) is 6.07 Å². The van der Waals surface area contributed by atoms with E-state index in [1.807, 2.05) is 25.1 Å². The van der Waals surface area contributed by atoms with Crippen molar-refractivity contribution in [1.82, 2.24) is 14.8 Å². The molecular weight excluding hydrogens is 310 g/mol. The molecule has 7 heteroatoms. The van der Waals surface area contributed by atoms with Crippen molar-refractivity contribution in [2.45, 2.75) is 13.5 Å². The molecule has 2 rings (SSSR count). The molecule has 6 nitrogen and oxygen atoms in total. The van der Waals surface area contributed by atoms with E-state index >= 15 is 0 Å². The molecule has 0 atom stereocenters. The molecule has 1 N–H and O–H groups in total. The number of benzene rings is 1. The van der Waals surface area contributed by atoms with Crippen LogP contribution in [0.2, 0.25) is 0 Å². The van der Waals surface area contributed by atoms with Gasteiger partial charge in [-0.05, 0) is 30.7 Å². The average Bonchev–Trinajstić information content (AvgIpc) is 2.80. The molecule has 96 valence electrons. The zero-order valence-corrected chi connectivity index (χ0v) is 11.7. The van der Waals surface area contributed by atoms with Crippen LogP contribution in [0.1, 0.15) is 11.4 Å². The highest BCUT2D eigenvalue weighted by Gasteiger charge is 2.07. The number of nitrogens with zero attached hydrogens (tertiary/aromatic N) is 4. The number of carbonyl (C=O) groups is 1. The van der Waals surface area contributed by atoms with Gasteiger partial charge in [0.05, 0.1) is 0 Å². The highest BCUT2D eigenvalue weighted by atomic mass is 79.9. The van der Waals surface area contributed by atoms with Crippen molar-refractivity contribution in [1.29, 1.82) is 5.26 Å². The van der Waals surface area contributed by atoms with Crippen molar-refractivity contribution in [3.63, 3.8) is 0 Å². The molecule has 1 aromatic heterocycles. The van der Waals surface area contributed by atoms with Gasteiger partial charge in [-0.2, -0.15) is 5.26 Å². The van der Waals surface area contributed by atoms with Gasteiger partial charge in [0.25, 0.3) is 5.82 Å². The lowest BCUT2D eigenvalue weighted by Crippen LogP contribution is -2.19. The van der Waals surface area contributed by atoms with Gasteiger partial charge < -0.3 is 5.32 Å². The Morgan fingerprint density at radius 2 is 2.37 bits per heavy atom. The number of hydrogen-bond donors (Lipinski definition) is 1. The summed E-state index contributed by atoms with van der Waals surface area (Å²) in [6.07, 6.45) is 1.35. The first-order valence-corrected chi connectivity index (χ1v) is 6.23. The molecule has 19 heavy (non-hydrogen) atoms. The Morgan fingerprint density at radius 3 is 3.00 bits per heavy atom. The molecule has 1 aromatic carbocycles. The van der Waals surface area contributed by atoms with E-state index in [4.69, 9.17) is 5.26 Å². The fourth-order valence-corrected chi connectivity index (χ4v) is 2.00. The Kier molecular flexibility index (Phi) is 3.92. The number of nitrogens with one attached hydrogen (secondary N) is 1. The second-order valence-corrected chi connectivity index (χ2v) is 4.80. The third-order valence-electron chi connectivity index (χ3n) is 2.40. The maximum Gasteiger partial charge on any atom is 0.252 e. The molecule has 1 amide bonds. The molecule has 0 bridgehead atoms. The largest absolute Gasteiger partial charge is 0.324 e. The number of rotatable bonds is 3. The van der Waals surface area contributed by atoms with Crippen LogP contribution in [0.4, 0.5) is 5.69 Å². The second-order valence-electron chi connectivity index (χ2n) is 3.88. The predicted octanol–water partition coefficient (Wildman–Crippen LogP) is 1.86. The van der Waals surface area contributed by atoms with Gasteiger partial charge >= 0.3 is 0 Å². The molecule has 2 aromatic rings. The van der Waals surface area contributed by atoms with Crippen LogP contribution in [0.3, 0.4) is 0 Å². The van der Waals surface area contributed by atoms with Gasteiger partial charge in [0.1, 0.15) is 18.9 Å². The van der Waals surface area contributed by atoms with Crippen LogP contribution >= 0.6 is 15.9 Å². The first-order valence-electron chi connectivity index (χ1n) is 5.44. The van der Waals surface area contributed by atoms with Crippen LogP contribution in [0, 0.1) is 18.3 Å². The van der Waals surface area contributed by atoms with Gasteiger partial charge in [-0.25, -0.2) is 9.67 Å². The van der Waals surface area contributed by atoms with Gasteiger partial charge in [-0.15, -0.1) is 5.10 Å². The lowest BCUT2D eigenvalue weighted by atomic mass is 10.2. The standard InChI is InChI=1S/C12H10BrN5O/c1-8-4-9(13)2-3-10(8)16-12(19)6-18-7-15-11(5-14)17-18/h2-4,7H,6H2,1H3,(H,16,19). The normalized spacial score (nSPS) is 9.95. The van der Waals surface area contributed by atoms with E-state index in [-0.39, 0.29) is 18.3 Å². The second kappa shape index (κ2) is 5.63. The molecule has 0 aliphatic heterocycles. The molecule has 0 saturated carbocycles. The smallest absolute Gasteiger partial charge is 0.252 e. The first kappa shape index (κ1) is 13.2. The molecule has 0 unspecified atom stereocenters. The third kappa shape index (κ3) is 3.39. The number of amides is 1. The highest BCUT2D eigenvalue weighted by Crippen LogP contribution is 2.19. The van der Waals surface area contributed by atoms with E-state index in [2.05, 4.69) is 31.3 Å². The van der Waals surface area contributed by atoms with E-state index in [0.29, 0.717) is 0 Å². The van der Waals surface area contributed by atoms with Gasteiger partial charge in [0, 0.05) is 10.2 Å². The quantitative estimate of drug-likeness (QED) is 0.935. The summed E-state index contributed by atoms with van der Waals surface area (Å²) in [5.74, 6) is -0.174. The van der Waals surface area contributed by atoms with Crippen molar-refractivity contribution < 1.29 is 4.79 Å². The fraction of sp³-hybridized carbons (Fsp3) is 0.167. The van der Waals surface area contributed by atoms with Crippen LogP contribution in [-0.2, 0) is 11.3 Å². The third-order valence-corrected chi connectivity index (χ3v) is 2.90. The Hall–Kier alpha value is -2.20. The minimum absolute atomic E-state index is 0.0180. The summed E-state index contributed by atoms with van der Waals surface area (Å²) in [7, 11) is 0. The lowest BCUT2D eigenvalue weighted by Gasteiger charge is -2.08. The first-order chi connectivity index (χ1) is 9.08. The van der Waals surface area contributed by atoms with Gasteiger partial charge in [0.15, 0.2) is 0 Å². The van der Waals surface area contributed by atoms with Gasteiger partial charge in [0.2, 0.25) is 5.91 Å². The summed E-state index contributed by atoms with van der Waals surface area (Å²) >= 11 is 3.36. The van der Waals surface area contributed by atoms with Crippen LogP contribution in [0.5, 0.6) is 0 Å². The van der Waals surface area contributed by atoms with E-state index in [0.717, 1.165) is 15.7 Å². The number of halogens is 1. The molecule has 0 radical (unpaired) electrons. The minimum atomic E-state index is -0.222. The Balaban J connectivity index is 2.03. The molecule has 0 spiro atoms. The summed E-state index contributed by atoms with van der Waals surface area (Å²) in [5, 5.41) is 15.2. The lowest BCUT2D eigenvalue weighted by molar-refractivity contribution is -0.116. The molecule has 1 heterocycles. The van der Waals surface area contributed by atoms with Crippen LogP contribution in [0.15, 0.2) is 29.0 Å². The topological polar surface area (TPSA) is 83.6 Å². The van der Waals surface area contributed by atoms with Crippen LogP contribution in [0.25, 0.3) is 0 Å². The van der Waals surface area contributed by atoms with Crippen LogP contribution < -0.4 is 5.32 Å². The zero-order chi connectivity index (χ0) is 13.8. The number of aromatic nitrogens is 3. The Morgan fingerprint density at radius 1 is 1.58 bits per heavy atom. The SMILES string of the molecule is Cc1cc(Br)ccc1NC(=O)Cn1cnc(C#N)n1. The number of carbonyl (C=O) groups excluding carboxylic acids is 1. The van der Waals surface area contributed by atoms with Gasteiger partial charge in [-0.3, -0.25) is 4.79 Å². The molecule has 0 saturated heterocycles.